The van der Waals surface area contributed by atoms with Crippen molar-refractivity contribution in [3.63, 3.8) is 0 Å². The Balaban J connectivity index is 1.74. The van der Waals surface area contributed by atoms with E-state index >= 15 is 0 Å². The normalized spacial score (nSPS) is 20.6. The van der Waals surface area contributed by atoms with Crippen molar-refractivity contribution in [1.29, 1.82) is 0 Å². The number of carbonyl (C=O) groups is 1. The molecule has 0 spiro atoms. The number of nitrogens with one attached hydrogen (secondary N) is 1. The van der Waals surface area contributed by atoms with Gasteiger partial charge in [-0.2, -0.15) is 11.8 Å². The van der Waals surface area contributed by atoms with Crippen LogP contribution in [-0.4, -0.2) is 30.0 Å². The van der Waals surface area contributed by atoms with Crippen LogP contribution < -0.4 is 11.1 Å². The van der Waals surface area contributed by atoms with E-state index < -0.39 is 6.04 Å². The van der Waals surface area contributed by atoms with Crippen LogP contribution in [-0.2, 0) is 11.2 Å². The zero-order valence-corrected chi connectivity index (χ0v) is 11.3. The largest absolute Gasteiger partial charge is 0.354 e. The van der Waals surface area contributed by atoms with Gasteiger partial charge in [0.05, 0.1) is 6.04 Å². The van der Waals surface area contributed by atoms with Crippen molar-refractivity contribution in [3.8, 4) is 0 Å². The van der Waals surface area contributed by atoms with E-state index in [2.05, 4.69) is 5.32 Å². The molecule has 1 aliphatic rings. The molecule has 1 amide bonds. The highest BCUT2D eigenvalue weighted by atomic mass is 32.2. The van der Waals surface area contributed by atoms with Crippen LogP contribution in [0.4, 0.5) is 0 Å². The van der Waals surface area contributed by atoms with E-state index in [0.29, 0.717) is 12.3 Å². The summed E-state index contributed by atoms with van der Waals surface area (Å²) in [4.78, 5) is 11.9. The van der Waals surface area contributed by atoms with E-state index in [1.807, 2.05) is 42.1 Å². The van der Waals surface area contributed by atoms with Crippen molar-refractivity contribution in [2.45, 2.75) is 18.9 Å². The minimum atomic E-state index is -0.443. The van der Waals surface area contributed by atoms with Crippen molar-refractivity contribution in [2.24, 2.45) is 11.7 Å². The molecule has 1 saturated heterocycles. The van der Waals surface area contributed by atoms with Crippen molar-refractivity contribution in [2.75, 3.05) is 18.1 Å². The highest BCUT2D eigenvalue weighted by Crippen LogP contribution is 2.22. The monoisotopic (exact) mass is 264 g/mol. The van der Waals surface area contributed by atoms with E-state index in [4.69, 9.17) is 5.73 Å². The molecule has 2 atom stereocenters. The maximum atomic E-state index is 11.9. The SMILES string of the molecule is N[C@H](Cc1ccccc1)C(=O)NCC1CCSC1. The van der Waals surface area contributed by atoms with Gasteiger partial charge in [0.25, 0.3) is 0 Å². The molecule has 0 aromatic heterocycles. The minimum absolute atomic E-state index is 0.0317. The molecule has 0 bridgehead atoms. The van der Waals surface area contributed by atoms with Crippen LogP contribution in [0.3, 0.4) is 0 Å². The Kier molecular flexibility index (Phi) is 5.08. The lowest BCUT2D eigenvalue weighted by Gasteiger charge is -2.14. The van der Waals surface area contributed by atoms with Gasteiger partial charge in [0.1, 0.15) is 0 Å². The van der Waals surface area contributed by atoms with Crippen molar-refractivity contribution in [3.05, 3.63) is 35.9 Å². The third kappa shape index (κ3) is 4.03. The molecule has 3 nitrogen and oxygen atoms in total. The van der Waals surface area contributed by atoms with Crippen LogP contribution >= 0.6 is 11.8 Å². The first-order chi connectivity index (χ1) is 8.75. The van der Waals surface area contributed by atoms with Gasteiger partial charge in [-0.25, -0.2) is 0 Å². The van der Waals surface area contributed by atoms with Crippen LogP contribution in [0, 0.1) is 5.92 Å². The van der Waals surface area contributed by atoms with E-state index in [1.165, 1.54) is 12.2 Å². The van der Waals surface area contributed by atoms with Crippen LogP contribution in [0.25, 0.3) is 0 Å². The minimum Gasteiger partial charge on any atom is -0.354 e. The number of carbonyl (C=O) groups excluding carboxylic acids is 1. The predicted octanol–water partition coefficient (Wildman–Crippen LogP) is 1.43. The fourth-order valence-corrected chi connectivity index (χ4v) is 3.37. The maximum Gasteiger partial charge on any atom is 0.237 e. The van der Waals surface area contributed by atoms with Gasteiger partial charge in [-0.3, -0.25) is 4.79 Å². The molecule has 18 heavy (non-hydrogen) atoms. The fraction of sp³-hybridized carbons (Fsp3) is 0.500. The third-order valence-corrected chi connectivity index (χ3v) is 4.46. The van der Waals surface area contributed by atoms with E-state index in [0.717, 1.165) is 17.9 Å². The molecule has 1 aromatic rings. The van der Waals surface area contributed by atoms with Gasteiger partial charge >= 0.3 is 0 Å². The molecule has 3 N–H and O–H groups in total. The van der Waals surface area contributed by atoms with Crippen molar-refractivity contribution >= 4 is 17.7 Å². The summed E-state index contributed by atoms with van der Waals surface area (Å²) in [6.07, 6.45) is 1.81. The molecular formula is C14H20N2OS. The smallest absolute Gasteiger partial charge is 0.237 e. The van der Waals surface area contributed by atoms with E-state index in [-0.39, 0.29) is 5.91 Å². The van der Waals surface area contributed by atoms with Crippen LogP contribution in [0.1, 0.15) is 12.0 Å². The highest BCUT2D eigenvalue weighted by molar-refractivity contribution is 7.99. The Bertz CT molecular complexity index is 377. The second kappa shape index (κ2) is 6.81. The fourth-order valence-electron chi connectivity index (χ4n) is 2.08. The molecule has 2 rings (SSSR count). The molecule has 1 aliphatic heterocycles. The number of hydrogen-bond acceptors (Lipinski definition) is 3. The molecular weight excluding hydrogens is 244 g/mol. The lowest BCUT2D eigenvalue weighted by Crippen LogP contribution is -2.43. The van der Waals surface area contributed by atoms with Gasteiger partial charge in [-0.05, 0) is 35.8 Å². The van der Waals surface area contributed by atoms with Crippen LogP contribution in [0.2, 0.25) is 0 Å². The Morgan fingerprint density at radius 2 is 2.22 bits per heavy atom. The number of thioether (sulfide) groups is 1. The first-order valence-electron chi connectivity index (χ1n) is 6.40. The number of nitrogens with two attached hydrogens (primary N) is 1. The first kappa shape index (κ1) is 13.4. The molecule has 98 valence electrons. The first-order valence-corrected chi connectivity index (χ1v) is 7.56. The summed E-state index contributed by atoms with van der Waals surface area (Å²) in [5.74, 6) is 2.98. The highest BCUT2D eigenvalue weighted by Gasteiger charge is 2.18. The van der Waals surface area contributed by atoms with Gasteiger partial charge in [-0.1, -0.05) is 30.3 Å². The van der Waals surface area contributed by atoms with Crippen molar-refractivity contribution in [1.82, 2.24) is 5.32 Å². The predicted molar refractivity (Wildman–Crippen MR) is 76.6 cm³/mol. The van der Waals surface area contributed by atoms with E-state index in [9.17, 15) is 4.79 Å². The number of hydrogen-bond donors (Lipinski definition) is 2. The lowest BCUT2D eigenvalue weighted by atomic mass is 10.1. The van der Waals surface area contributed by atoms with Crippen LogP contribution in [0.5, 0.6) is 0 Å². The zero-order chi connectivity index (χ0) is 12.8. The summed E-state index contributed by atoms with van der Waals surface area (Å²) in [5.41, 5.74) is 7.02. The molecule has 4 heteroatoms. The molecule has 1 unspecified atom stereocenters. The summed E-state index contributed by atoms with van der Waals surface area (Å²) < 4.78 is 0. The van der Waals surface area contributed by atoms with E-state index in [1.54, 1.807) is 0 Å². The molecule has 1 fully saturated rings. The Morgan fingerprint density at radius 3 is 2.89 bits per heavy atom. The zero-order valence-electron chi connectivity index (χ0n) is 10.5. The Morgan fingerprint density at radius 1 is 1.44 bits per heavy atom. The average molecular weight is 264 g/mol. The summed E-state index contributed by atoms with van der Waals surface area (Å²) in [5, 5.41) is 2.97. The number of amides is 1. The standard InChI is InChI=1S/C14H20N2OS/c15-13(8-11-4-2-1-3-5-11)14(17)16-9-12-6-7-18-10-12/h1-5,12-13H,6-10,15H2,(H,16,17)/t12?,13-/m1/s1. The third-order valence-electron chi connectivity index (χ3n) is 3.22. The van der Waals surface area contributed by atoms with Crippen LogP contribution in [0.15, 0.2) is 30.3 Å². The summed E-state index contributed by atoms with van der Waals surface area (Å²) in [7, 11) is 0. The van der Waals surface area contributed by atoms with Gasteiger partial charge in [0, 0.05) is 6.54 Å². The van der Waals surface area contributed by atoms with Gasteiger partial charge in [-0.15, -0.1) is 0 Å². The topological polar surface area (TPSA) is 55.1 Å². The molecule has 1 heterocycles. The molecule has 1 aromatic carbocycles. The molecule has 0 aliphatic carbocycles. The second-order valence-corrected chi connectivity index (χ2v) is 5.92. The Hall–Kier alpha value is -1.00. The maximum absolute atomic E-state index is 11.9. The number of rotatable bonds is 5. The number of benzene rings is 1. The van der Waals surface area contributed by atoms with Gasteiger partial charge < -0.3 is 11.1 Å². The summed E-state index contributed by atoms with van der Waals surface area (Å²) >= 11 is 1.96. The second-order valence-electron chi connectivity index (χ2n) is 4.77. The lowest BCUT2D eigenvalue weighted by molar-refractivity contribution is -0.122. The van der Waals surface area contributed by atoms with Gasteiger partial charge in [0.15, 0.2) is 0 Å². The molecule has 0 saturated carbocycles. The molecule has 0 radical (unpaired) electrons. The summed E-state index contributed by atoms with van der Waals surface area (Å²) in [6.45, 7) is 0.772. The average Bonchev–Trinajstić information content (AvgIpc) is 2.90. The summed E-state index contributed by atoms with van der Waals surface area (Å²) in [6, 6.07) is 9.46. The Labute approximate surface area is 113 Å². The van der Waals surface area contributed by atoms with Crippen molar-refractivity contribution < 1.29 is 4.79 Å². The van der Waals surface area contributed by atoms with Gasteiger partial charge in [0.2, 0.25) is 5.91 Å². The quantitative estimate of drug-likeness (QED) is 0.846.